The van der Waals surface area contributed by atoms with Gasteiger partial charge >= 0.3 is 5.97 Å². The number of pyridine rings is 1. The quantitative estimate of drug-likeness (QED) is 0.798. The number of aryl methyl sites for hydroxylation is 2. The van der Waals surface area contributed by atoms with Crippen molar-refractivity contribution in [3.63, 3.8) is 0 Å². The summed E-state index contributed by atoms with van der Waals surface area (Å²) in [5.41, 5.74) is 3.11. The summed E-state index contributed by atoms with van der Waals surface area (Å²) in [6.07, 6.45) is 1.64. The number of hydrogen-bond donors (Lipinski definition) is 2. The molecule has 6 nitrogen and oxygen atoms in total. The number of aromatic nitrogens is 1. The first-order chi connectivity index (χ1) is 11.0. The van der Waals surface area contributed by atoms with Gasteiger partial charge in [0.15, 0.2) is 0 Å². The lowest BCUT2D eigenvalue weighted by Gasteiger charge is -2.28. The molecule has 23 heavy (non-hydrogen) atoms. The van der Waals surface area contributed by atoms with E-state index in [4.69, 9.17) is 9.47 Å². The Morgan fingerprint density at radius 3 is 2.74 bits per heavy atom. The standard InChI is InChI=1S/C17H26N2O4/c1-11-8-16(22-3)19-12(2)14(11)9-18-10-15(17(20)21)13-4-6-23-7-5-13/h8,13,15,18H,4-7,9-10H2,1-3H3,(H,20,21). The van der Waals surface area contributed by atoms with E-state index in [1.54, 1.807) is 7.11 Å². The molecular formula is C17H26N2O4. The first-order valence-electron chi connectivity index (χ1n) is 8.05. The topological polar surface area (TPSA) is 80.7 Å². The lowest BCUT2D eigenvalue weighted by atomic mass is 9.86. The smallest absolute Gasteiger partial charge is 0.308 e. The Morgan fingerprint density at radius 2 is 2.17 bits per heavy atom. The highest BCUT2D eigenvalue weighted by Gasteiger charge is 2.29. The van der Waals surface area contributed by atoms with E-state index in [1.165, 1.54) is 0 Å². The molecule has 1 aliphatic heterocycles. The van der Waals surface area contributed by atoms with E-state index in [1.807, 2.05) is 19.9 Å². The predicted octanol–water partition coefficient (Wildman–Crippen LogP) is 1.92. The van der Waals surface area contributed by atoms with E-state index in [9.17, 15) is 9.90 Å². The van der Waals surface area contributed by atoms with Crippen molar-refractivity contribution in [3.8, 4) is 5.88 Å². The van der Waals surface area contributed by atoms with Crippen molar-refractivity contribution in [1.29, 1.82) is 0 Å². The third-order valence-electron chi connectivity index (χ3n) is 4.56. The van der Waals surface area contributed by atoms with Gasteiger partial charge in [-0.1, -0.05) is 0 Å². The molecule has 1 saturated heterocycles. The molecule has 0 spiro atoms. The SMILES string of the molecule is COc1cc(C)c(CNCC(C(=O)O)C2CCOCC2)c(C)n1. The van der Waals surface area contributed by atoms with Gasteiger partial charge in [-0.3, -0.25) is 4.79 Å². The first-order valence-corrected chi connectivity index (χ1v) is 8.05. The van der Waals surface area contributed by atoms with Gasteiger partial charge in [0.1, 0.15) is 0 Å². The summed E-state index contributed by atoms with van der Waals surface area (Å²) in [6.45, 7) is 6.36. The van der Waals surface area contributed by atoms with E-state index in [-0.39, 0.29) is 11.8 Å². The lowest BCUT2D eigenvalue weighted by molar-refractivity contribution is -0.144. The van der Waals surface area contributed by atoms with Crippen LogP contribution in [0.2, 0.25) is 0 Å². The van der Waals surface area contributed by atoms with Crippen LogP contribution in [0.25, 0.3) is 0 Å². The molecule has 0 saturated carbocycles. The maximum Gasteiger partial charge on any atom is 0.308 e. The Kier molecular flexibility index (Phi) is 6.36. The summed E-state index contributed by atoms with van der Waals surface area (Å²) in [5.74, 6) is -0.310. The molecule has 1 unspecified atom stereocenters. The zero-order chi connectivity index (χ0) is 16.8. The molecule has 0 bridgehead atoms. The highest BCUT2D eigenvalue weighted by molar-refractivity contribution is 5.70. The number of carboxylic acid groups (broad SMARTS) is 1. The molecule has 1 aliphatic rings. The molecule has 0 amide bonds. The van der Waals surface area contributed by atoms with Crippen LogP contribution >= 0.6 is 0 Å². The minimum Gasteiger partial charge on any atom is -0.481 e. The van der Waals surface area contributed by atoms with E-state index >= 15 is 0 Å². The number of nitrogens with one attached hydrogen (secondary N) is 1. The van der Waals surface area contributed by atoms with Gasteiger partial charge in [-0.05, 0) is 43.7 Å². The van der Waals surface area contributed by atoms with E-state index in [0.717, 1.165) is 29.7 Å². The van der Waals surface area contributed by atoms with Crippen molar-refractivity contribution in [2.24, 2.45) is 11.8 Å². The maximum atomic E-state index is 11.5. The van der Waals surface area contributed by atoms with Crippen LogP contribution < -0.4 is 10.1 Å². The third kappa shape index (κ3) is 4.65. The number of carboxylic acids is 1. The van der Waals surface area contributed by atoms with Crippen molar-refractivity contribution in [2.75, 3.05) is 26.9 Å². The van der Waals surface area contributed by atoms with Gasteiger partial charge in [0.25, 0.3) is 0 Å². The van der Waals surface area contributed by atoms with Gasteiger partial charge in [0.05, 0.1) is 13.0 Å². The van der Waals surface area contributed by atoms with E-state index < -0.39 is 5.97 Å². The molecular weight excluding hydrogens is 296 g/mol. The predicted molar refractivity (Wildman–Crippen MR) is 86.6 cm³/mol. The van der Waals surface area contributed by atoms with Crippen molar-refractivity contribution in [2.45, 2.75) is 33.2 Å². The molecule has 128 valence electrons. The zero-order valence-electron chi connectivity index (χ0n) is 14.1. The molecule has 1 aromatic rings. The zero-order valence-corrected chi connectivity index (χ0v) is 14.1. The van der Waals surface area contributed by atoms with Gasteiger partial charge in [0.2, 0.25) is 5.88 Å². The Morgan fingerprint density at radius 1 is 1.48 bits per heavy atom. The van der Waals surface area contributed by atoms with Crippen LogP contribution in [0.5, 0.6) is 5.88 Å². The molecule has 2 heterocycles. The van der Waals surface area contributed by atoms with Crippen LogP contribution in [0, 0.1) is 25.7 Å². The highest BCUT2D eigenvalue weighted by Crippen LogP contribution is 2.24. The number of methoxy groups -OCH3 is 1. The maximum absolute atomic E-state index is 11.5. The van der Waals surface area contributed by atoms with Crippen molar-refractivity contribution < 1.29 is 19.4 Å². The molecule has 0 aliphatic carbocycles. The number of carbonyl (C=O) groups is 1. The summed E-state index contributed by atoms with van der Waals surface area (Å²) < 4.78 is 10.5. The Hall–Kier alpha value is -1.66. The minimum atomic E-state index is -0.731. The fraction of sp³-hybridized carbons (Fsp3) is 0.647. The molecule has 6 heteroatoms. The normalized spacial score (nSPS) is 17.0. The largest absolute Gasteiger partial charge is 0.481 e. The second-order valence-corrected chi connectivity index (χ2v) is 6.07. The highest BCUT2D eigenvalue weighted by atomic mass is 16.5. The second kappa shape index (κ2) is 8.26. The van der Waals surface area contributed by atoms with Gasteiger partial charge in [-0.25, -0.2) is 4.98 Å². The van der Waals surface area contributed by atoms with Crippen LogP contribution in [0.1, 0.15) is 29.7 Å². The number of nitrogens with zero attached hydrogens (tertiary/aromatic N) is 1. The van der Waals surface area contributed by atoms with Crippen molar-refractivity contribution in [1.82, 2.24) is 10.3 Å². The summed E-state index contributed by atoms with van der Waals surface area (Å²) in [4.78, 5) is 15.9. The van der Waals surface area contributed by atoms with Gasteiger partial charge < -0.3 is 19.9 Å². The summed E-state index contributed by atoms with van der Waals surface area (Å²) in [7, 11) is 1.60. The molecule has 2 N–H and O–H groups in total. The molecule has 1 aromatic heterocycles. The summed E-state index contributed by atoms with van der Waals surface area (Å²) in [6, 6.07) is 1.90. The summed E-state index contributed by atoms with van der Waals surface area (Å²) in [5, 5.41) is 12.8. The Balaban J connectivity index is 1.95. The number of rotatable bonds is 7. The van der Waals surface area contributed by atoms with Crippen LogP contribution in [0.3, 0.4) is 0 Å². The monoisotopic (exact) mass is 322 g/mol. The molecule has 0 aromatic carbocycles. The van der Waals surface area contributed by atoms with E-state index in [2.05, 4.69) is 10.3 Å². The Labute approximate surface area is 137 Å². The molecule has 1 fully saturated rings. The number of aliphatic carboxylic acids is 1. The van der Waals surface area contributed by atoms with Gasteiger partial charge in [0, 0.05) is 38.1 Å². The van der Waals surface area contributed by atoms with Gasteiger partial charge in [-0.2, -0.15) is 0 Å². The van der Waals surface area contributed by atoms with Crippen molar-refractivity contribution in [3.05, 3.63) is 22.9 Å². The van der Waals surface area contributed by atoms with Crippen LogP contribution in [0.15, 0.2) is 6.07 Å². The summed E-state index contributed by atoms with van der Waals surface area (Å²) >= 11 is 0. The van der Waals surface area contributed by atoms with Crippen LogP contribution in [-0.2, 0) is 16.1 Å². The fourth-order valence-electron chi connectivity index (χ4n) is 3.12. The lowest BCUT2D eigenvalue weighted by Crippen LogP contribution is -2.36. The minimum absolute atomic E-state index is 0.185. The van der Waals surface area contributed by atoms with Gasteiger partial charge in [-0.15, -0.1) is 0 Å². The molecule has 2 rings (SSSR count). The average Bonchev–Trinajstić information content (AvgIpc) is 2.53. The first kappa shape index (κ1) is 17.7. The third-order valence-corrected chi connectivity index (χ3v) is 4.56. The van der Waals surface area contributed by atoms with Crippen LogP contribution in [0.4, 0.5) is 0 Å². The van der Waals surface area contributed by atoms with E-state index in [0.29, 0.717) is 32.2 Å². The molecule has 1 atom stereocenters. The van der Waals surface area contributed by atoms with Crippen LogP contribution in [-0.4, -0.2) is 42.9 Å². The van der Waals surface area contributed by atoms with Crippen molar-refractivity contribution >= 4 is 5.97 Å². The average molecular weight is 322 g/mol. The fourth-order valence-corrected chi connectivity index (χ4v) is 3.12. The second-order valence-electron chi connectivity index (χ2n) is 6.07. The number of hydrogen-bond acceptors (Lipinski definition) is 5. The Bertz CT molecular complexity index is 518. The molecule has 0 radical (unpaired) electrons. The number of ether oxygens (including phenoxy) is 2.